The monoisotopic (exact) mass is 1710 g/mol. The van der Waals surface area contributed by atoms with Crippen molar-refractivity contribution in [3.05, 3.63) is 263 Å². The van der Waals surface area contributed by atoms with E-state index in [0.717, 1.165) is 0 Å². The molecular formula is C87H84F12N8O15. The number of hydrogen-bond donors (Lipinski definition) is 15. The molecule has 0 fully saturated rings. The van der Waals surface area contributed by atoms with Gasteiger partial charge in [0.1, 0.15) is 22.2 Å². The first-order chi connectivity index (χ1) is 57.1. The normalized spacial score (nSPS) is 18.2. The number of aliphatic hydroxyl groups is 15. The molecule has 0 unspecified atom stereocenters. The predicted octanol–water partition coefficient (Wildman–Crippen LogP) is 10.3. The van der Waals surface area contributed by atoms with Gasteiger partial charge in [0.25, 0.3) is 0 Å². The van der Waals surface area contributed by atoms with E-state index in [4.69, 9.17) is 0 Å². The van der Waals surface area contributed by atoms with E-state index in [2.05, 4.69) is 20.4 Å². The largest absolute Gasteiger partial charge is 0.425 e. The van der Waals surface area contributed by atoms with E-state index in [0.29, 0.717) is 61.2 Å². The number of aryl methyl sites for hydroxylation is 2. The fraction of sp³-hybridized carbons (Fsp3) is 0.310. The van der Waals surface area contributed by atoms with E-state index in [1.165, 1.54) is 165 Å². The predicted molar refractivity (Wildman–Crippen MR) is 420 cm³/mol. The molecule has 35 heteroatoms. The molecule has 8 aromatic carbocycles. The van der Waals surface area contributed by atoms with Crippen LogP contribution in [-0.2, 0) is 44.6 Å². The summed E-state index contributed by atoms with van der Waals surface area (Å²) >= 11 is 0. The van der Waals surface area contributed by atoms with Gasteiger partial charge in [-0.2, -0.15) is 73.1 Å². The molecule has 0 radical (unpaired) electrons. The van der Waals surface area contributed by atoms with Gasteiger partial charge in [-0.1, -0.05) is 176 Å². The van der Waals surface area contributed by atoms with Crippen molar-refractivity contribution < 1.29 is 129 Å². The highest BCUT2D eigenvalue weighted by Gasteiger charge is 2.65. The van der Waals surface area contributed by atoms with E-state index in [1.54, 1.807) is 81.6 Å². The van der Waals surface area contributed by atoms with Crippen LogP contribution in [0.15, 0.2) is 207 Å². The smallest absolute Gasteiger partial charge is 0.394 e. The average molecular weight is 1710 g/mol. The Bertz CT molecular complexity index is 5640. The summed E-state index contributed by atoms with van der Waals surface area (Å²) < 4.78 is 174. The first-order valence-corrected chi connectivity index (χ1v) is 37.2. The van der Waals surface area contributed by atoms with Crippen molar-refractivity contribution in [3.63, 3.8) is 0 Å². The topological polar surface area (TPSA) is 375 Å². The van der Waals surface area contributed by atoms with Crippen molar-refractivity contribution in [1.29, 1.82) is 0 Å². The molecule has 4 heterocycles. The van der Waals surface area contributed by atoms with Crippen molar-refractivity contribution in [1.82, 2.24) is 39.1 Å². The van der Waals surface area contributed by atoms with Gasteiger partial charge in [-0.25, -0.2) is 0 Å². The molecule has 0 saturated carbocycles. The third-order valence-corrected chi connectivity index (χ3v) is 23.2. The van der Waals surface area contributed by atoms with Gasteiger partial charge in [0.15, 0.2) is 0 Å². The average Bonchev–Trinajstić information content (AvgIpc) is 1.56. The van der Waals surface area contributed by atoms with Crippen molar-refractivity contribution >= 4 is 0 Å². The van der Waals surface area contributed by atoms with E-state index >= 15 is 0 Å². The van der Waals surface area contributed by atoms with Gasteiger partial charge in [0.05, 0.1) is 97.5 Å². The first-order valence-electron chi connectivity index (χ1n) is 37.2. The minimum atomic E-state index is -4.94. The first kappa shape index (κ1) is 90.4. The van der Waals surface area contributed by atoms with Crippen LogP contribution in [0.25, 0.3) is 89.0 Å². The van der Waals surface area contributed by atoms with Crippen LogP contribution in [0.4, 0.5) is 52.7 Å². The molecule has 0 bridgehead atoms. The highest BCUT2D eigenvalue weighted by Crippen LogP contribution is 2.62. The summed E-state index contributed by atoms with van der Waals surface area (Å²) in [5, 5.41) is 166. The Labute approximate surface area is 687 Å². The summed E-state index contributed by atoms with van der Waals surface area (Å²) in [5.41, 5.74) is -13.4. The lowest BCUT2D eigenvalue weighted by Gasteiger charge is -2.28. The zero-order valence-electron chi connectivity index (χ0n) is 64.2. The van der Waals surface area contributed by atoms with Gasteiger partial charge < -0.3 is 76.6 Å². The number of fused-ring (bicyclic) bond motifs is 12. The fourth-order valence-corrected chi connectivity index (χ4v) is 16.0. The lowest BCUT2D eigenvalue weighted by molar-refractivity contribution is -0.247. The zero-order chi connectivity index (χ0) is 88.0. The second kappa shape index (κ2) is 32.8. The summed E-state index contributed by atoms with van der Waals surface area (Å²) in [5.74, 6) is 0. The lowest BCUT2D eigenvalue weighted by atomic mass is 9.88. The number of alkyl halides is 12. The minimum absolute atomic E-state index is 0. The van der Waals surface area contributed by atoms with Crippen LogP contribution in [0.1, 0.15) is 70.0 Å². The Morgan fingerprint density at radius 1 is 0.270 bits per heavy atom. The third kappa shape index (κ3) is 14.0. The summed E-state index contributed by atoms with van der Waals surface area (Å²) in [7, 11) is 0. The van der Waals surface area contributed by atoms with Crippen LogP contribution in [0.5, 0.6) is 0 Å². The van der Waals surface area contributed by atoms with Gasteiger partial charge in [0, 0.05) is 91.5 Å². The highest BCUT2D eigenvalue weighted by atomic mass is 19.4. The maximum absolute atomic E-state index is 14.1. The Morgan fingerprint density at radius 3 is 0.738 bits per heavy atom. The van der Waals surface area contributed by atoms with Crippen LogP contribution in [-0.4, -0.2) is 213 Å². The highest BCUT2D eigenvalue weighted by molar-refractivity contribution is 5.96. The van der Waals surface area contributed by atoms with E-state index in [-0.39, 0.29) is 104 Å². The van der Waals surface area contributed by atoms with E-state index < -0.39 is 129 Å². The molecule has 0 aliphatic heterocycles. The number of halogens is 12. The van der Waals surface area contributed by atoms with Gasteiger partial charge in [-0.3, -0.25) is 18.7 Å². The summed E-state index contributed by atoms with van der Waals surface area (Å²) in [4.78, 5) is 0. The molecule has 4 aliphatic rings. The van der Waals surface area contributed by atoms with Crippen LogP contribution in [0.3, 0.4) is 0 Å². The molecular weight excluding hydrogens is 1620 g/mol. The number of aromatic nitrogens is 8. The van der Waals surface area contributed by atoms with Gasteiger partial charge >= 0.3 is 24.7 Å². The summed E-state index contributed by atoms with van der Waals surface area (Å²) in [6.07, 6.45) is -8.20. The fourth-order valence-electron chi connectivity index (χ4n) is 16.0. The van der Waals surface area contributed by atoms with Crippen molar-refractivity contribution in [3.8, 4) is 89.0 Å². The summed E-state index contributed by atoms with van der Waals surface area (Å²) in [6.45, 7) is -1.20. The molecule has 4 atom stereocenters. The van der Waals surface area contributed by atoms with E-state index in [1.807, 2.05) is 0 Å². The minimum Gasteiger partial charge on any atom is -0.394 e. The van der Waals surface area contributed by atoms with Crippen LogP contribution in [0, 0.1) is 13.8 Å². The molecule has 0 saturated heterocycles. The van der Waals surface area contributed by atoms with E-state index in [9.17, 15) is 129 Å². The van der Waals surface area contributed by atoms with Crippen LogP contribution in [0.2, 0.25) is 0 Å². The third-order valence-electron chi connectivity index (χ3n) is 23.2. The number of rotatable bonds is 19. The Balaban J connectivity index is 0.000000148. The molecule has 12 aromatic rings. The molecule has 16 rings (SSSR count). The maximum atomic E-state index is 14.1. The molecule has 122 heavy (non-hydrogen) atoms. The molecule has 4 aliphatic carbocycles. The molecule has 646 valence electrons. The Kier molecular flexibility index (Phi) is 24.3. The molecule has 15 N–H and O–H groups in total. The van der Waals surface area contributed by atoms with Gasteiger partial charge in [0.2, 0.25) is 22.4 Å². The van der Waals surface area contributed by atoms with Crippen LogP contribution < -0.4 is 0 Å². The number of hydrogen-bond acceptors (Lipinski definition) is 19. The number of nitrogens with zero attached hydrogens (tertiary/aromatic N) is 8. The number of benzene rings is 8. The Morgan fingerprint density at radius 2 is 0.484 bits per heavy atom. The van der Waals surface area contributed by atoms with Gasteiger partial charge in [-0.05, 0) is 87.5 Å². The second-order valence-electron chi connectivity index (χ2n) is 30.5. The maximum Gasteiger partial charge on any atom is 0.425 e. The number of aliphatic hydroxyl groups excluding tert-OH is 11. The van der Waals surface area contributed by atoms with Crippen molar-refractivity contribution in [2.45, 2.75) is 97.5 Å². The lowest BCUT2D eigenvalue weighted by Crippen LogP contribution is -2.45. The van der Waals surface area contributed by atoms with Crippen LogP contribution >= 0.6 is 0 Å². The van der Waals surface area contributed by atoms with Crippen molar-refractivity contribution in [2.24, 2.45) is 0 Å². The standard InChI is InChI=1S/2C22H21F3N2O4.C21H19F3N2O4.C21H19F3N2O3.CH4/c2*1-13-6-16(14-8-26-27(9-14)20(10-28,11-29)12-30)19-15-4-2-3-5-17(15)21(31,18(19)7-13)22(23,24)25;22-21(23,24)20(30)16-6-2-1-4-15(16)18-14(5-3-7-17(18)20)13-8-25-26(9-13)19(10-27,11-28)12-29;1-19(11-27,12-28)26-10-13(9-25-26)14-6-4-8-17-18(14)15-5-2-3-7-16(15)20(17,29)21(22,23)24;/h2*2-9,28-31H,10-12H2,1H3;1-9,27-30H,10-12H2;2-10,27-29H,11-12H2,1H3;1H4/t2*21-;2*20-;/m1111./s1. The SMILES string of the molecule is C.CC(CO)(CO)n1cc(-c2cccc3c2-c2ccccc2[C@]3(O)C(F)(F)F)cn1.Cc1cc(-c2cnn(C(CO)(CO)CO)c2)c2c(c1)[C@@](O)(C(F)(F)F)c1ccccc1-2.Cc1cc(-c2cnn(C(CO)(CO)CO)c2)c2c(c1)[C@@](O)(C(F)(F)F)c1ccccc1-2.OCC(CO)(CO)n1cc(-c2cccc3c2-c2ccccc2[C@]3(O)C(F)(F)F)cn1. The molecule has 0 spiro atoms. The molecule has 4 aromatic heterocycles. The second-order valence-corrected chi connectivity index (χ2v) is 30.5. The molecule has 23 nitrogen and oxygen atoms in total. The van der Waals surface area contributed by atoms with Crippen molar-refractivity contribution in [2.75, 3.05) is 72.7 Å². The van der Waals surface area contributed by atoms with Gasteiger partial charge in [-0.15, -0.1) is 0 Å². The quantitative estimate of drug-likeness (QED) is 0.0335. The Hall–Kier alpha value is -10.8. The zero-order valence-corrected chi connectivity index (χ0v) is 64.2. The molecule has 0 amide bonds. The summed E-state index contributed by atoms with van der Waals surface area (Å²) in [6, 6.07) is 38.1.